The number of carbonyl (C=O) groups excluding carboxylic acids is 1. The molecule has 0 aliphatic heterocycles. The molecule has 1 rings (SSSR count). The second kappa shape index (κ2) is 3.05. The maximum atomic E-state index is 11.0. The predicted octanol–water partition coefficient (Wildman–Crippen LogP) is 1.44. The number of carbonyl (C=O) groups is 1. The van der Waals surface area contributed by atoms with E-state index in [4.69, 9.17) is 0 Å². The number of H-pyrrole nitrogens is 1. The van der Waals surface area contributed by atoms with Gasteiger partial charge in [-0.3, -0.25) is 0 Å². The largest absolute Gasteiger partial charge is 0.465 e. The minimum Gasteiger partial charge on any atom is -0.465 e. The molecule has 0 radical (unpaired) electrons. The van der Waals surface area contributed by atoms with Crippen molar-refractivity contribution in [1.29, 1.82) is 0 Å². The molecular formula is C8H9NO2. The Labute approximate surface area is 64.7 Å². The maximum Gasteiger partial charge on any atom is 0.340 e. The molecule has 0 aromatic carbocycles. The molecule has 0 unspecified atom stereocenters. The summed E-state index contributed by atoms with van der Waals surface area (Å²) in [6.45, 7) is 3.55. The highest BCUT2D eigenvalue weighted by molar-refractivity contribution is 5.93. The predicted molar refractivity (Wildman–Crippen MR) is 42.2 cm³/mol. The lowest BCUT2D eigenvalue weighted by atomic mass is 10.2. The Morgan fingerprint density at radius 2 is 2.45 bits per heavy atom. The van der Waals surface area contributed by atoms with E-state index in [-0.39, 0.29) is 5.97 Å². The van der Waals surface area contributed by atoms with Crippen molar-refractivity contribution < 1.29 is 9.53 Å². The van der Waals surface area contributed by atoms with Crippen molar-refractivity contribution in [2.24, 2.45) is 0 Å². The second-order valence-corrected chi connectivity index (χ2v) is 2.02. The standard InChI is InChI=1S/C8H9NO2/c1-3-6-4-9-5-7(6)8(10)11-2/h3-5,9H,1H2,2H3. The van der Waals surface area contributed by atoms with Crippen LogP contribution in [0.25, 0.3) is 6.08 Å². The van der Waals surface area contributed by atoms with Crippen molar-refractivity contribution in [2.75, 3.05) is 7.11 Å². The third-order valence-corrected chi connectivity index (χ3v) is 1.40. The normalized spacial score (nSPS) is 9.18. The number of hydrogen-bond acceptors (Lipinski definition) is 2. The van der Waals surface area contributed by atoms with Gasteiger partial charge in [-0.2, -0.15) is 0 Å². The Balaban J connectivity index is 3.01. The topological polar surface area (TPSA) is 42.1 Å². The Hall–Kier alpha value is -1.51. The molecule has 58 valence electrons. The number of aromatic nitrogens is 1. The molecular weight excluding hydrogens is 142 g/mol. The summed E-state index contributed by atoms with van der Waals surface area (Å²) in [5, 5.41) is 0. The minimum atomic E-state index is -0.346. The molecule has 0 spiro atoms. The quantitative estimate of drug-likeness (QED) is 0.650. The summed E-state index contributed by atoms with van der Waals surface area (Å²) in [6, 6.07) is 0. The van der Waals surface area contributed by atoms with Crippen LogP contribution in [-0.2, 0) is 4.74 Å². The minimum absolute atomic E-state index is 0.346. The first-order chi connectivity index (χ1) is 5.29. The number of nitrogens with one attached hydrogen (secondary N) is 1. The first-order valence-corrected chi connectivity index (χ1v) is 3.17. The molecule has 0 fully saturated rings. The van der Waals surface area contributed by atoms with E-state index >= 15 is 0 Å². The van der Waals surface area contributed by atoms with Crippen molar-refractivity contribution in [2.45, 2.75) is 0 Å². The smallest absolute Gasteiger partial charge is 0.340 e. The van der Waals surface area contributed by atoms with E-state index in [1.54, 1.807) is 18.5 Å². The molecule has 3 heteroatoms. The first kappa shape index (κ1) is 7.60. The van der Waals surface area contributed by atoms with Gasteiger partial charge >= 0.3 is 5.97 Å². The van der Waals surface area contributed by atoms with E-state index in [0.29, 0.717) is 5.56 Å². The zero-order valence-corrected chi connectivity index (χ0v) is 6.26. The third kappa shape index (κ3) is 1.32. The molecule has 0 aliphatic rings. The Bertz CT molecular complexity index is 275. The summed E-state index contributed by atoms with van der Waals surface area (Å²) in [7, 11) is 1.35. The number of hydrogen-bond donors (Lipinski definition) is 1. The highest BCUT2D eigenvalue weighted by Gasteiger charge is 2.09. The molecule has 1 N–H and O–H groups in total. The van der Waals surface area contributed by atoms with Gasteiger partial charge in [0.15, 0.2) is 0 Å². The average molecular weight is 151 g/mol. The van der Waals surface area contributed by atoms with Gasteiger partial charge in [0.1, 0.15) is 0 Å². The van der Waals surface area contributed by atoms with Crippen molar-refractivity contribution >= 4 is 12.0 Å². The zero-order valence-electron chi connectivity index (χ0n) is 6.26. The zero-order chi connectivity index (χ0) is 8.27. The number of esters is 1. The fourth-order valence-corrected chi connectivity index (χ4v) is 0.831. The second-order valence-electron chi connectivity index (χ2n) is 2.02. The molecule has 1 heterocycles. The number of rotatable bonds is 2. The molecule has 1 aromatic heterocycles. The van der Waals surface area contributed by atoms with E-state index in [1.807, 2.05) is 0 Å². The van der Waals surface area contributed by atoms with E-state index in [2.05, 4.69) is 16.3 Å². The lowest BCUT2D eigenvalue weighted by Gasteiger charge is -1.95. The molecule has 0 atom stereocenters. The van der Waals surface area contributed by atoms with Crippen molar-refractivity contribution in [3.63, 3.8) is 0 Å². The number of aromatic amines is 1. The van der Waals surface area contributed by atoms with Gasteiger partial charge in [0.25, 0.3) is 0 Å². The van der Waals surface area contributed by atoms with Gasteiger partial charge in [-0.15, -0.1) is 0 Å². The van der Waals surface area contributed by atoms with Gasteiger partial charge < -0.3 is 9.72 Å². The molecule has 0 amide bonds. The van der Waals surface area contributed by atoms with Crippen LogP contribution in [-0.4, -0.2) is 18.1 Å². The lowest BCUT2D eigenvalue weighted by molar-refractivity contribution is 0.0601. The van der Waals surface area contributed by atoms with Crippen LogP contribution in [0.5, 0.6) is 0 Å². The molecule has 1 aromatic rings. The molecule has 11 heavy (non-hydrogen) atoms. The van der Waals surface area contributed by atoms with Crippen LogP contribution in [0.15, 0.2) is 19.0 Å². The van der Waals surface area contributed by atoms with Gasteiger partial charge in [0.2, 0.25) is 0 Å². The van der Waals surface area contributed by atoms with E-state index in [0.717, 1.165) is 5.56 Å². The van der Waals surface area contributed by atoms with E-state index in [1.165, 1.54) is 7.11 Å². The summed E-state index contributed by atoms with van der Waals surface area (Å²) < 4.78 is 4.53. The summed E-state index contributed by atoms with van der Waals surface area (Å²) in [5.74, 6) is -0.346. The number of ether oxygens (including phenoxy) is 1. The maximum absolute atomic E-state index is 11.0. The molecule has 0 aliphatic carbocycles. The summed E-state index contributed by atoms with van der Waals surface area (Å²) in [4.78, 5) is 13.8. The van der Waals surface area contributed by atoms with Crippen LogP contribution in [0, 0.1) is 0 Å². The Kier molecular flexibility index (Phi) is 2.11. The number of methoxy groups -OCH3 is 1. The van der Waals surface area contributed by atoms with Gasteiger partial charge in [-0.1, -0.05) is 12.7 Å². The van der Waals surface area contributed by atoms with E-state index < -0.39 is 0 Å². The Morgan fingerprint density at radius 1 is 1.73 bits per heavy atom. The fourth-order valence-electron chi connectivity index (χ4n) is 0.831. The van der Waals surface area contributed by atoms with Crippen LogP contribution in [0.2, 0.25) is 0 Å². The van der Waals surface area contributed by atoms with Gasteiger partial charge in [0.05, 0.1) is 12.7 Å². The average Bonchev–Trinajstić information content (AvgIpc) is 2.50. The van der Waals surface area contributed by atoms with Crippen molar-refractivity contribution in [3.05, 3.63) is 30.1 Å². The monoisotopic (exact) mass is 151 g/mol. The van der Waals surface area contributed by atoms with Crippen molar-refractivity contribution in [3.8, 4) is 0 Å². The van der Waals surface area contributed by atoms with Crippen LogP contribution < -0.4 is 0 Å². The van der Waals surface area contributed by atoms with Crippen LogP contribution in [0.1, 0.15) is 15.9 Å². The first-order valence-electron chi connectivity index (χ1n) is 3.17. The Morgan fingerprint density at radius 3 is 3.00 bits per heavy atom. The highest BCUT2D eigenvalue weighted by atomic mass is 16.5. The van der Waals surface area contributed by atoms with Crippen LogP contribution >= 0.6 is 0 Å². The molecule has 3 nitrogen and oxygen atoms in total. The lowest BCUT2D eigenvalue weighted by Crippen LogP contribution is -2.00. The summed E-state index contributed by atoms with van der Waals surface area (Å²) in [6.07, 6.45) is 4.88. The van der Waals surface area contributed by atoms with Crippen LogP contribution in [0.4, 0.5) is 0 Å². The molecule has 0 saturated heterocycles. The third-order valence-electron chi connectivity index (χ3n) is 1.40. The summed E-state index contributed by atoms with van der Waals surface area (Å²) >= 11 is 0. The van der Waals surface area contributed by atoms with Gasteiger partial charge in [0, 0.05) is 18.0 Å². The van der Waals surface area contributed by atoms with Gasteiger partial charge in [-0.05, 0) is 0 Å². The fraction of sp³-hybridized carbons (Fsp3) is 0.125. The molecule has 0 saturated carbocycles. The SMILES string of the molecule is C=Cc1c[nH]cc1C(=O)OC. The van der Waals surface area contributed by atoms with Crippen LogP contribution in [0.3, 0.4) is 0 Å². The van der Waals surface area contributed by atoms with Gasteiger partial charge in [-0.25, -0.2) is 4.79 Å². The molecule has 0 bridgehead atoms. The summed E-state index contributed by atoms with van der Waals surface area (Å²) in [5.41, 5.74) is 1.28. The highest BCUT2D eigenvalue weighted by Crippen LogP contribution is 2.09. The van der Waals surface area contributed by atoms with E-state index in [9.17, 15) is 4.79 Å². The van der Waals surface area contributed by atoms with Crippen molar-refractivity contribution in [1.82, 2.24) is 4.98 Å².